The number of thiophene rings is 1. The smallest absolute Gasteiger partial charge is 0.243 e. The van der Waals surface area contributed by atoms with E-state index in [1.807, 2.05) is 0 Å². The Balaban J connectivity index is 1.77. The molecular formula is C14H22N2O2S2. The molecule has 112 valence electrons. The van der Waals surface area contributed by atoms with E-state index in [1.54, 1.807) is 15.8 Å². The average molecular weight is 314 g/mol. The van der Waals surface area contributed by atoms with Gasteiger partial charge in [-0.1, -0.05) is 19.3 Å². The second-order valence-corrected chi connectivity index (χ2v) is 8.84. The zero-order valence-electron chi connectivity index (χ0n) is 11.6. The van der Waals surface area contributed by atoms with Crippen molar-refractivity contribution in [1.82, 2.24) is 4.31 Å². The maximum atomic E-state index is 12.7. The molecule has 1 aromatic heterocycles. The van der Waals surface area contributed by atoms with Crippen LogP contribution in [0.5, 0.6) is 0 Å². The van der Waals surface area contributed by atoms with E-state index in [2.05, 4.69) is 0 Å². The Bertz CT molecular complexity index is 567. The number of sulfonamides is 1. The molecule has 2 N–H and O–H groups in total. The zero-order valence-corrected chi connectivity index (χ0v) is 13.3. The molecule has 0 radical (unpaired) electrons. The van der Waals surface area contributed by atoms with Crippen LogP contribution in [0.25, 0.3) is 0 Å². The van der Waals surface area contributed by atoms with Gasteiger partial charge in [-0.25, -0.2) is 8.42 Å². The minimum atomic E-state index is -3.31. The third kappa shape index (κ3) is 2.66. The number of piperidine rings is 1. The van der Waals surface area contributed by atoms with Gasteiger partial charge >= 0.3 is 0 Å². The SMILES string of the molecule is NCc1cc(S(=O)(=O)N2CCC3CCCCC3C2)cs1. The van der Waals surface area contributed by atoms with Gasteiger partial charge in [-0.15, -0.1) is 11.3 Å². The summed E-state index contributed by atoms with van der Waals surface area (Å²) in [5.41, 5.74) is 5.57. The first-order valence-electron chi connectivity index (χ1n) is 7.39. The molecule has 0 bridgehead atoms. The van der Waals surface area contributed by atoms with E-state index in [-0.39, 0.29) is 0 Å². The highest BCUT2D eigenvalue weighted by molar-refractivity contribution is 7.89. The van der Waals surface area contributed by atoms with Crippen LogP contribution in [-0.2, 0) is 16.6 Å². The summed E-state index contributed by atoms with van der Waals surface area (Å²) in [5.74, 6) is 1.32. The van der Waals surface area contributed by atoms with Gasteiger partial charge in [-0.2, -0.15) is 4.31 Å². The van der Waals surface area contributed by atoms with Crippen molar-refractivity contribution in [2.24, 2.45) is 17.6 Å². The van der Waals surface area contributed by atoms with Crippen LogP contribution in [0.15, 0.2) is 16.3 Å². The van der Waals surface area contributed by atoms with E-state index in [4.69, 9.17) is 5.73 Å². The Labute approximate surface area is 125 Å². The van der Waals surface area contributed by atoms with Crippen molar-refractivity contribution in [2.75, 3.05) is 13.1 Å². The molecular weight excluding hydrogens is 292 g/mol. The fraction of sp³-hybridized carbons (Fsp3) is 0.714. The molecule has 2 fully saturated rings. The molecule has 0 aromatic carbocycles. The summed E-state index contributed by atoms with van der Waals surface area (Å²) in [4.78, 5) is 1.35. The number of fused-ring (bicyclic) bond motifs is 1. The number of hydrogen-bond acceptors (Lipinski definition) is 4. The first-order valence-corrected chi connectivity index (χ1v) is 9.71. The monoisotopic (exact) mass is 314 g/mol. The molecule has 20 heavy (non-hydrogen) atoms. The van der Waals surface area contributed by atoms with E-state index in [1.165, 1.54) is 37.0 Å². The molecule has 1 aliphatic carbocycles. The van der Waals surface area contributed by atoms with E-state index in [9.17, 15) is 8.42 Å². The summed E-state index contributed by atoms with van der Waals surface area (Å²) in [7, 11) is -3.31. The zero-order chi connectivity index (χ0) is 14.2. The summed E-state index contributed by atoms with van der Waals surface area (Å²) in [6.07, 6.45) is 6.07. The topological polar surface area (TPSA) is 63.4 Å². The van der Waals surface area contributed by atoms with Crippen LogP contribution in [0.2, 0.25) is 0 Å². The van der Waals surface area contributed by atoms with Gasteiger partial charge in [0.15, 0.2) is 0 Å². The first-order chi connectivity index (χ1) is 9.61. The molecule has 1 aromatic rings. The molecule has 2 atom stereocenters. The van der Waals surface area contributed by atoms with E-state index < -0.39 is 10.0 Å². The van der Waals surface area contributed by atoms with Crippen molar-refractivity contribution in [3.8, 4) is 0 Å². The Morgan fingerprint density at radius 3 is 2.70 bits per heavy atom. The molecule has 1 aliphatic heterocycles. The molecule has 6 heteroatoms. The normalized spacial score (nSPS) is 28.2. The Morgan fingerprint density at radius 1 is 1.25 bits per heavy atom. The van der Waals surface area contributed by atoms with Crippen LogP contribution in [0, 0.1) is 11.8 Å². The van der Waals surface area contributed by atoms with E-state index in [0.29, 0.717) is 30.4 Å². The molecule has 4 nitrogen and oxygen atoms in total. The quantitative estimate of drug-likeness (QED) is 0.932. The van der Waals surface area contributed by atoms with Crippen molar-refractivity contribution in [3.05, 3.63) is 16.3 Å². The van der Waals surface area contributed by atoms with Crippen LogP contribution >= 0.6 is 11.3 Å². The van der Waals surface area contributed by atoms with Gasteiger partial charge in [-0.05, 0) is 30.7 Å². The number of hydrogen-bond donors (Lipinski definition) is 1. The van der Waals surface area contributed by atoms with Gasteiger partial charge < -0.3 is 5.73 Å². The van der Waals surface area contributed by atoms with Crippen molar-refractivity contribution in [2.45, 2.75) is 43.5 Å². The molecule has 0 spiro atoms. The lowest BCUT2D eigenvalue weighted by Crippen LogP contribution is -2.44. The summed E-state index contributed by atoms with van der Waals surface area (Å²) >= 11 is 1.43. The van der Waals surface area contributed by atoms with Gasteiger partial charge in [0, 0.05) is 29.9 Å². The lowest BCUT2D eigenvalue weighted by Gasteiger charge is -2.40. The Hall–Kier alpha value is -0.430. The highest BCUT2D eigenvalue weighted by Crippen LogP contribution is 2.38. The lowest BCUT2D eigenvalue weighted by molar-refractivity contribution is 0.136. The minimum Gasteiger partial charge on any atom is -0.326 e. The number of nitrogens with two attached hydrogens (primary N) is 1. The molecule has 2 unspecified atom stereocenters. The highest BCUT2D eigenvalue weighted by Gasteiger charge is 2.36. The third-order valence-corrected chi connectivity index (χ3v) is 7.67. The molecule has 1 saturated heterocycles. The van der Waals surface area contributed by atoms with Crippen molar-refractivity contribution in [3.63, 3.8) is 0 Å². The molecule has 3 rings (SSSR count). The van der Waals surface area contributed by atoms with Crippen LogP contribution in [0.3, 0.4) is 0 Å². The summed E-state index contributed by atoms with van der Waals surface area (Å²) in [6.45, 7) is 1.79. The highest BCUT2D eigenvalue weighted by atomic mass is 32.2. The van der Waals surface area contributed by atoms with Crippen LogP contribution in [0.1, 0.15) is 37.0 Å². The van der Waals surface area contributed by atoms with Crippen LogP contribution in [0.4, 0.5) is 0 Å². The van der Waals surface area contributed by atoms with Gasteiger partial charge in [0.25, 0.3) is 0 Å². The van der Waals surface area contributed by atoms with Gasteiger partial charge in [-0.3, -0.25) is 0 Å². The van der Waals surface area contributed by atoms with Crippen molar-refractivity contribution >= 4 is 21.4 Å². The largest absolute Gasteiger partial charge is 0.326 e. The predicted octanol–water partition coefficient (Wildman–Crippen LogP) is 2.41. The Kier molecular flexibility index (Phi) is 4.17. The van der Waals surface area contributed by atoms with Crippen molar-refractivity contribution < 1.29 is 8.42 Å². The summed E-state index contributed by atoms with van der Waals surface area (Å²) in [6, 6.07) is 1.73. The Morgan fingerprint density at radius 2 is 2.00 bits per heavy atom. The van der Waals surface area contributed by atoms with E-state index in [0.717, 1.165) is 17.2 Å². The van der Waals surface area contributed by atoms with Gasteiger partial charge in [0.1, 0.15) is 0 Å². The molecule has 0 amide bonds. The standard InChI is InChI=1S/C14H22N2O2S2/c15-8-13-7-14(10-19-13)20(17,18)16-6-5-11-3-1-2-4-12(11)9-16/h7,10-12H,1-6,8-9,15H2. The van der Waals surface area contributed by atoms with Gasteiger partial charge in [0.05, 0.1) is 4.90 Å². The van der Waals surface area contributed by atoms with Crippen LogP contribution < -0.4 is 5.73 Å². The second-order valence-electron chi connectivity index (χ2n) is 5.91. The average Bonchev–Trinajstić information content (AvgIpc) is 2.96. The third-order valence-electron chi connectivity index (χ3n) is 4.72. The maximum Gasteiger partial charge on any atom is 0.243 e. The predicted molar refractivity (Wildman–Crippen MR) is 81.0 cm³/mol. The number of nitrogens with zero attached hydrogens (tertiary/aromatic N) is 1. The summed E-state index contributed by atoms with van der Waals surface area (Å²) in [5, 5.41) is 1.73. The molecule has 2 heterocycles. The molecule has 1 saturated carbocycles. The maximum absolute atomic E-state index is 12.7. The minimum absolute atomic E-state index is 0.408. The fourth-order valence-electron chi connectivity index (χ4n) is 3.54. The summed E-state index contributed by atoms with van der Waals surface area (Å²) < 4.78 is 27.1. The van der Waals surface area contributed by atoms with Gasteiger partial charge in [0.2, 0.25) is 10.0 Å². The lowest BCUT2D eigenvalue weighted by atomic mass is 9.76. The molecule has 2 aliphatic rings. The van der Waals surface area contributed by atoms with Crippen LogP contribution in [-0.4, -0.2) is 25.8 Å². The van der Waals surface area contributed by atoms with E-state index >= 15 is 0 Å². The van der Waals surface area contributed by atoms with Crippen molar-refractivity contribution in [1.29, 1.82) is 0 Å². The fourth-order valence-corrected chi connectivity index (χ4v) is 6.19. The first kappa shape index (κ1) is 14.5. The second kappa shape index (κ2) is 5.75. The number of rotatable bonds is 3.